The molecule has 0 saturated heterocycles. The highest BCUT2D eigenvalue weighted by Crippen LogP contribution is 2.22. The third-order valence-corrected chi connectivity index (χ3v) is 2.43. The van der Waals surface area contributed by atoms with Crippen LogP contribution >= 0.6 is 0 Å². The molecule has 4 heteroatoms. The van der Waals surface area contributed by atoms with E-state index in [1.165, 1.54) is 0 Å². The van der Waals surface area contributed by atoms with Crippen molar-refractivity contribution >= 4 is 5.65 Å². The Morgan fingerprint density at radius 2 is 2.06 bits per heavy atom. The highest BCUT2D eigenvalue weighted by atomic mass is 16.3. The molecule has 16 heavy (non-hydrogen) atoms. The molecular formula is C12H10N2O2. The number of aromatic hydroxyl groups is 1. The minimum atomic E-state index is 0.215. The number of rotatable bonds is 1. The smallest absolute Gasteiger partial charge is 0.154 e. The Labute approximate surface area is 91.8 Å². The Morgan fingerprint density at radius 1 is 1.19 bits per heavy atom. The summed E-state index contributed by atoms with van der Waals surface area (Å²) in [6.07, 6.45) is 3.44. The van der Waals surface area contributed by atoms with Gasteiger partial charge in [0.15, 0.2) is 5.76 Å². The molecule has 0 amide bonds. The number of pyridine rings is 1. The van der Waals surface area contributed by atoms with Crippen molar-refractivity contribution in [2.24, 2.45) is 0 Å². The molecule has 0 unspecified atom stereocenters. The molecule has 0 bridgehead atoms. The van der Waals surface area contributed by atoms with Crippen LogP contribution in [0.15, 0.2) is 41.1 Å². The molecule has 0 radical (unpaired) electrons. The number of fused-ring (bicyclic) bond motifs is 1. The molecule has 0 atom stereocenters. The zero-order valence-electron chi connectivity index (χ0n) is 8.71. The van der Waals surface area contributed by atoms with Crippen LogP contribution in [0.2, 0.25) is 0 Å². The van der Waals surface area contributed by atoms with Crippen LogP contribution in [0.5, 0.6) is 5.75 Å². The molecule has 0 aliphatic rings. The Kier molecular flexibility index (Phi) is 1.77. The summed E-state index contributed by atoms with van der Waals surface area (Å²) >= 11 is 0. The maximum atomic E-state index is 9.34. The molecule has 0 spiro atoms. The molecule has 0 aromatic carbocycles. The summed E-state index contributed by atoms with van der Waals surface area (Å²) < 4.78 is 7.26. The minimum Gasteiger partial charge on any atom is -0.506 e. The van der Waals surface area contributed by atoms with Gasteiger partial charge in [-0.1, -0.05) is 0 Å². The van der Waals surface area contributed by atoms with Crippen molar-refractivity contribution in [1.82, 2.24) is 9.38 Å². The largest absolute Gasteiger partial charge is 0.506 e. The van der Waals surface area contributed by atoms with Gasteiger partial charge in [-0.05, 0) is 31.2 Å². The summed E-state index contributed by atoms with van der Waals surface area (Å²) in [6, 6.07) is 7.15. The van der Waals surface area contributed by atoms with Crippen molar-refractivity contribution in [3.63, 3.8) is 0 Å². The van der Waals surface area contributed by atoms with E-state index < -0.39 is 0 Å². The van der Waals surface area contributed by atoms with Gasteiger partial charge in [-0.15, -0.1) is 0 Å². The summed E-state index contributed by atoms with van der Waals surface area (Å²) in [6.45, 7) is 1.89. The van der Waals surface area contributed by atoms with Gasteiger partial charge >= 0.3 is 0 Å². The lowest BCUT2D eigenvalue weighted by Gasteiger charge is -1.92. The van der Waals surface area contributed by atoms with Gasteiger partial charge in [-0.2, -0.15) is 0 Å². The maximum absolute atomic E-state index is 9.34. The van der Waals surface area contributed by atoms with E-state index in [1.807, 2.05) is 25.3 Å². The van der Waals surface area contributed by atoms with Crippen LogP contribution in [0.25, 0.3) is 17.1 Å². The number of furan rings is 1. The lowest BCUT2D eigenvalue weighted by atomic mass is 10.3. The Hall–Kier alpha value is -2.23. The summed E-state index contributed by atoms with van der Waals surface area (Å²) in [5, 5.41) is 9.34. The molecule has 4 nitrogen and oxygen atoms in total. The topological polar surface area (TPSA) is 50.7 Å². The highest BCUT2D eigenvalue weighted by Gasteiger charge is 2.07. The van der Waals surface area contributed by atoms with Crippen molar-refractivity contribution in [3.8, 4) is 17.2 Å². The van der Waals surface area contributed by atoms with Crippen LogP contribution in [-0.4, -0.2) is 14.5 Å². The molecule has 3 aromatic rings. The van der Waals surface area contributed by atoms with Crippen LogP contribution in [0.4, 0.5) is 0 Å². The number of aryl methyl sites for hydroxylation is 1. The quantitative estimate of drug-likeness (QED) is 0.677. The molecule has 0 saturated carbocycles. The van der Waals surface area contributed by atoms with E-state index in [4.69, 9.17) is 4.42 Å². The van der Waals surface area contributed by atoms with Crippen LogP contribution in [0.1, 0.15) is 5.76 Å². The third-order valence-electron chi connectivity index (χ3n) is 2.43. The van der Waals surface area contributed by atoms with Crippen molar-refractivity contribution in [3.05, 3.63) is 42.4 Å². The number of aromatic nitrogens is 2. The Morgan fingerprint density at radius 3 is 2.81 bits per heavy atom. The van der Waals surface area contributed by atoms with Crippen LogP contribution in [0.3, 0.4) is 0 Å². The molecule has 3 rings (SSSR count). The van der Waals surface area contributed by atoms with Crippen molar-refractivity contribution in [2.45, 2.75) is 6.92 Å². The molecule has 1 N–H and O–H groups in total. The molecule has 0 aliphatic carbocycles. The van der Waals surface area contributed by atoms with E-state index in [0.29, 0.717) is 0 Å². The molecule has 0 aliphatic heterocycles. The average Bonchev–Trinajstić information content (AvgIpc) is 2.83. The van der Waals surface area contributed by atoms with Crippen molar-refractivity contribution in [2.75, 3.05) is 0 Å². The van der Waals surface area contributed by atoms with E-state index in [-0.39, 0.29) is 5.75 Å². The van der Waals surface area contributed by atoms with Crippen LogP contribution in [-0.2, 0) is 0 Å². The van der Waals surface area contributed by atoms with Gasteiger partial charge in [0.05, 0.1) is 6.20 Å². The molecule has 0 fully saturated rings. The summed E-state index contributed by atoms with van der Waals surface area (Å²) in [5.74, 6) is 1.81. The summed E-state index contributed by atoms with van der Waals surface area (Å²) in [7, 11) is 0. The van der Waals surface area contributed by atoms with Gasteiger partial charge in [0, 0.05) is 6.20 Å². The van der Waals surface area contributed by atoms with E-state index >= 15 is 0 Å². The van der Waals surface area contributed by atoms with Crippen LogP contribution < -0.4 is 0 Å². The predicted octanol–water partition coefficient (Wildman–Crippen LogP) is 2.61. The predicted molar refractivity (Wildman–Crippen MR) is 59.3 cm³/mol. The molecule has 3 aromatic heterocycles. The van der Waals surface area contributed by atoms with E-state index in [9.17, 15) is 5.11 Å². The number of imidazole rings is 1. The van der Waals surface area contributed by atoms with Gasteiger partial charge in [0.25, 0.3) is 0 Å². The van der Waals surface area contributed by atoms with E-state index in [1.54, 1.807) is 22.7 Å². The zero-order valence-corrected chi connectivity index (χ0v) is 8.71. The fraction of sp³-hybridized carbons (Fsp3) is 0.0833. The molecular weight excluding hydrogens is 204 g/mol. The molecule has 3 heterocycles. The van der Waals surface area contributed by atoms with Gasteiger partial charge in [-0.25, -0.2) is 4.98 Å². The first-order valence-electron chi connectivity index (χ1n) is 4.97. The fourth-order valence-corrected chi connectivity index (χ4v) is 1.67. The van der Waals surface area contributed by atoms with Crippen LogP contribution in [0, 0.1) is 6.92 Å². The van der Waals surface area contributed by atoms with Gasteiger partial charge in [-0.3, -0.25) is 0 Å². The van der Waals surface area contributed by atoms with Gasteiger partial charge in [0.1, 0.15) is 22.9 Å². The first-order chi connectivity index (χ1) is 7.72. The molecule has 80 valence electrons. The third kappa shape index (κ3) is 1.35. The normalized spacial score (nSPS) is 11.1. The summed E-state index contributed by atoms with van der Waals surface area (Å²) in [5.41, 5.74) is 1.54. The second-order valence-electron chi connectivity index (χ2n) is 3.69. The van der Waals surface area contributed by atoms with Crippen molar-refractivity contribution in [1.29, 1.82) is 0 Å². The first kappa shape index (κ1) is 9.03. The first-order valence-corrected chi connectivity index (χ1v) is 4.97. The second kappa shape index (κ2) is 3.13. The SMILES string of the molecule is Cc1ccc(-c2cn3cc(O)ccc3n2)o1. The number of hydrogen-bond donors (Lipinski definition) is 1. The standard InChI is InChI=1S/C12H10N2O2/c1-8-2-4-11(16-8)10-7-14-6-9(15)3-5-12(14)13-10/h2-7,15H,1H3. The highest BCUT2D eigenvalue weighted by molar-refractivity contribution is 5.58. The maximum Gasteiger partial charge on any atom is 0.154 e. The fourth-order valence-electron chi connectivity index (χ4n) is 1.67. The van der Waals surface area contributed by atoms with E-state index in [2.05, 4.69) is 4.98 Å². The number of nitrogens with zero attached hydrogens (tertiary/aromatic N) is 2. The Balaban J connectivity index is 2.18. The number of hydrogen-bond acceptors (Lipinski definition) is 3. The van der Waals surface area contributed by atoms with Gasteiger partial charge in [0.2, 0.25) is 0 Å². The van der Waals surface area contributed by atoms with E-state index in [0.717, 1.165) is 22.9 Å². The van der Waals surface area contributed by atoms with Gasteiger partial charge < -0.3 is 13.9 Å². The minimum absolute atomic E-state index is 0.215. The zero-order chi connectivity index (χ0) is 11.1. The lowest BCUT2D eigenvalue weighted by molar-refractivity contribution is 0.472. The van der Waals surface area contributed by atoms with Crippen molar-refractivity contribution < 1.29 is 9.52 Å². The summed E-state index contributed by atoms with van der Waals surface area (Å²) in [4.78, 5) is 4.40. The lowest BCUT2D eigenvalue weighted by Crippen LogP contribution is -1.79. The second-order valence-corrected chi connectivity index (χ2v) is 3.69. The Bertz CT molecular complexity index is 652. The monoisotopic (exact) mass is 214 g/mol. The average molecular weight is 214 g/mol.